The van der Waals surface area contributed by atoms with E-state index in [1.807, 2.05) is 26.8 Å². The molecule has 0 unspecified atom stereocenters. The van der Waals surface area contributed by atoms with Crippen molar-refractivity contribution in [3.63, 3.8) is 0 Å². The normalized spacial score (nSPS) is 16.6. The number of nitrogens with two attached hydrogens (primary N) is 1. The van der Waals surface area contributed by atoms with Crippen LogP contribution in [0, 0.1) is 6.92 Å². The molecule has 1 fully saturated rings. The number of hydrogen-bond acceptors (Lipinski definition) is 3. The number of halogens is 1. The number of amides is 1. The first-order valence-corrected chi connectivity index (χ1v) is 7.36. The van der Waals surface area contributed by atoms with E-state index in [0.717, 1.165) is 23.2 Å². The summed E-state index contributed by atoms with van der Waals surface area (Å²) in [5.74, 6) is 0.815. The number of carbonyl (C=O) groups excluding carboxylic acids is 1. The summed E-state index contributed by atoms with van der Waals surface area (Å²) in [5, 5.41) is 0.623. The fraction of sp³-hybridized carbons (Fsp3) is 0.533. The second kappa shape index (κ2) is 6.02. The zero-order valence-electron chi connectivity index (χ0n) is 12.2. The molecule has 1 aromatic rings. The predicted octanol–water partition coefficient (Wildman–Crippen LogP) is 3.19. The van der Waals surface area contributed by atoms with E-state index >= 15 is 0 Å². The summed E-state index contributed by atoms with van der Waals surface area (Å²) in [4.78, 5) is 13.8. The molecule has 5 heteroatoms. The number of anilines is 1. The molecule has 0 radical (unpaired) electrons. The van der Waals surface area contributed by atoms with Gasteiger partial charge < -0.3 is 15.4 Å². The quantitative estimate of drug-likeness (QED) is 0.928. The van der Waals surface area contributed by atoms with Crippen LogP contribution in [-0.2, 0) is 4.79 Å². The van der Waals surface area contributed by atoms with Crippen molar-refractivity contribution in [3.8, 4) is 5.75 Å². The second-order valence-corrected chi connectivity index (χ2v) is 5.50. The van der Waals surface area contributed by atoms with Gasteiger partial charge in [-0.05, 0) is 44.4 Å². The Kier molecular flexibility index (Phi) is 4.55. The van der Waals surface area contributed by atoms with Crippen molar-refractivity contribution in [2.45, 2.75) is 39.7 Å². The van der Waals surface area contributed by atoms with Crippen LogP contribution in [-0.4, -0.2) is 19.1 Å². The lowest BCUT2D eigenvalue weighted by atomic mass is 10.0. The minimum Gasteiger partial charge on any atom is -0.492 e. The fourth-order valence-corrected chi connectivity index (χ4v) is 2.91. The minimum atomic E-state index is -0.177. The molecule has 110 valence electrons. The third-order valence-electron chi connectivity index (χ3n) is 3.59. The number of benzene rings is 1. The van der Waals surface area contributed by atoms with Crippen molar-refractivity contribution >= 4 is 23.2 Å². The zero-order valence-corrected chi connectivity index (χ0v) is 13.0. The molecule has 2 N–H and O–H groups in total. The van der Waals surface area contributed by atoms with Crippen LogP contribution >= 0.6 is 11.6 Å². The van der Waals surface area contributed by atoms with Gasteiger partial charge in [0.25, 0.3) is 0 Å². The van der Waals surface area contributed by atoms with Crippen LogP contribution in [0.3, 0.4) is 0 Å². The molecule has 4 nitrogen and oxygen atoms in total. The number of hydrogen-bond donors (Lipinski definition) is 1. The summed E-state index contributed by atoms with van der Waals surface area (Å²) in [6.07, 6.45) is 1.45. The highest BCUT2D eigenvalue weighted by Gasteiger charge is 2.28. The predicted molar refractivity (Wildman–Crippen MR) is 81.5 cm³/mol. The molecule has 1 atom stereocenters. The van der Waals surface area contributed by atoms with Crippen LogP contribution in [0.15, 0.2) is 6.07 Å². The molecule has 20 heavy (non-hydrogen) atoms. The van der Waals surface area contributed by atoms with Gasteiger partial charge in [-0.2, -0.15) is 0 Å². The van der Waals surface area contributed by atoms with Crippen molar-refractivity contribution < 1.29 is 9.53 Å². The standard InChI is InChI=1S/C15H21ClN2O2/c1-4-20-12-8-11(10(3)17)14(16)9(2)15(12)18-7-5-6-13(18)19/h8,10H,4-7,17H2,1-3H3/t10-/m0/s1. The fourth-order valence-electron chi connectivity index (χ4n) is 2.60. The number of nitrogens with zero attached hydrogens (tertiary/aromatic N) is 1. The molecule has 1 saturated heterocycles. The zero-order chi connectivity index (χ0) is 14.9. The Morgan fingerprint density at radius 3 is 2.75 bits per heavy atom. The highest BCUT2D eigenvalue weighted by Crippen LogP contribution is 2.41. The van der Waals surface area contributed by atoms with E-state index < -0.39 is 0 Å². The second-order valence-electron chi connectivity index (χ2n) is 5.12. The third-order valence-corrected chi connectivity index (χ3v) is 4.09. The van der Waals surface area contributed by atoms with Gasteiger partial charge in [-0.15, -0.1) is 0 Å². The van der Waals surface area contributed by atoms with E-state index in [9.17, 15) is 4.79 Å². The Bertz CT molecular complexity index is 529. The lowest BCUT2D eigenvalue weighted by Crippen LogP contribution is -2.26. The van der Waals surface area contributed by atoms with E-state index in [4.69, 9.17) is 22.1 Å². The van der Waals surface area contributed by atoms with Gasteiger partial charge in [0, 0.05) is 19.0 Å². The van der Waals surface area contributed by atoms with Crippen LogP contribution in [0.2, 0.25) is 5.02 Å². The van der Waals surface area contributed by atoms with E-state index in [1.54, 1.807) is 4.90 Å². The smallest absolute Gasteiger partial charge is 0.227 e. The van der Waals surface area contributed by atoms with Gasteiger partial charge in [0.1, 0.15) is 5.75 Å². The first-order valence-electron chi connectivity index (χ1n) is 6.99. The highest BCUT2D eigenvalue weighted by molar-refractivity contribution is 6.32. The van der Waals surface area contributed by atoms with Crippen molar-refractivity contribution in [3.05, 3.63) is 22.2 Å². The van der Waals surface area contributed by atoms with E-state index in [-0.39, 0.29) is 11.9 Å². The molecule has 2 rings (SSSR count). The Labute approximate surface area is 124 Å². The lowest BCUT2D eigenvalue weighted by Gasteiger charge is -2.25. The molecule has 0 spiro atoms. The van der Waals surface area contributed by atoms with Crippen molar-refractivity contribution in [1.82, 2.24) is 0 Å². The minimum absolute atomic E-state index is 0.124. The van der Waals surface area contributed by atoms with Crippen molar-refractivity contribution in [1.29, 1.82) is 0 Å². The molecule has 0 saturated carbocycles. The monoisotopic (exact) mass is 296 g/mol. The maximum Gasteiger partial charge on any atom is 0.227 e. The summed E-state index contributed by atoms with van der Waals surface area (Å²) in [7, 11) is 0. The maximum absolute atomic E-state index is 12.0. The Balaban J connectivity index is 2.59. The molecule has 1 aromatic carbocycles. The molecule has 1 aliphatic heterocycles. The Hall–Kier alpha value is -1.26. The summed E-state index contributed by atoms with van der Waals surface area (Å²) < 4.78 is 5.72. The molecular formula is C15H21ClN2O2. The Morgan fingerprint density at radius 2 is 2.25 bits per heavy atom. The average molecular weight is 297 g/mol. The molecule has 0 bridgehead atoms. The number of carbonyl (C=O) groups is 1. The summed E-state index contributed by atoms with van der Waals surface area (Å²) in [6, 6.07) is 1.69. The number of ether oxygens (including phenoxy) is 1. The summed E-state index contributed by atoms with van der Waals surface area (Å²) in [5.41, 5.74) is 8.47. The van der Waals surface area contributed by atoms with Crippen LogP contribution in [0.4, 0.5) is 5.69 Å². The highest BCUT2D eigenvalue weighted by atomic mass is 35.5. The SMILES string of the molecule is CCOc1cc([C@H](C)N)c(Cl)c(C)c1N1CCCC1=O. The Morgan fingerprint density at radius 1 is 1.55 bits per heavy atom. The van der Waals surface area contributed by atoms with Gasteiger partial charge >= 0.3 is 0 Å². The molecular weight excluding hydrogens is 276 g/mol. The summed E-state index contributed by atoms with van der Waals surface area (Å²) in [6.45, 7) is 6.97. The molecule has 1 aliphatic rings. The van der Waals surface area contributed by atoms with Gasteiger partial charge in [-0.1, -0.05) is 11.6 Å². The molecule has 1 heterocycles. The number of rotatable bonds is 4. The lowest BCUT2D eigenvalue weighted by molar-refractivity contribution is -0.117. The molecule has 0 aromatic heterocycles. The van der Waals surface area contributed by atoms with Gasteiger partial charge in [-0.25, -0.2) is 0 Å². The summed E-state index contributed by atoms with van der Waals surface area (Å²) >= 11 is 6.42. The first kappa shape index (κ1) is 15.1. The maximum atomic E-state index is 12.0. The van der Waals surface area contributed by atoms with E-state index in [2.05, 4.69) is 0 Å². The molecule has 0 aliphatic carbocycles. The van der Waals surface area contributed by atoms with Crippen LogP contribution in [0.1, 0.15) is 43.9 Å². The first-order chi connectivity index (χ1) is 9.47. The van der Waals surface area contributed by atoms with Crippen LogP contribution < -0.4 is 15.4 Å². The topological polar surface area (TPSA) is 55.6 Å². The van der Waals surface area contributed by atoms with Crippen molar-refractivity contribution in [2.75, 3.05) is 18.1 Å². The third kappa shape index (κ3) is 2.63. The average Bonchev–Trinajstić information content (AvgIpc) is 2.80. The van der Waals surface area contributed by atoms with Crippen molar-refractivity contribution in [2.24, 2.45) is 5.73 Å². The largest absolute Gasteiger partial charge is 0.492 e. The molecule has 1 amide bonds. The van der Waals surface area contributed by atoms with Crippen LogP contribution in [0.25, 0.3) is 0 Å². The van der Waals surface area contributed by atoms with Gasteiger partial charge in [0.2, 0.25) is 5.91 Å². The van der Waals surface area contributed by atoms with Gasteiger partial charge in [0.15, 0.2) is 0 Å². The van der Waals surface area contributed by atoms with Gasteiger partial charge in [0.05, 0.1) is 17.3 Å². The van der Waals surface area contributed by atoms with Gasteiger partial charge in [-0.3, -0.25) is 4.79 Å². The van der Waals surface area contributed by atoms with E-state index in [1.165, 1.54) is 0 Å². The van der Waals surface area contributed by atoms with Crippen LogP contribution in [0.5, 0.6) is 5.75 Å². The van der Waals surface area contributed by atoms with E-state index in [0.29, 0.717) is 30.3 Å².